The zero-order chi connectivity index (χ0) is 74.3. The number of esters is 1. The minimum absolute atomic E-state index is 0.377. The summed E-state index contributed by atoms with van der Waals surface area (Å²) >= 11 is 0. The van der Waals surface area contributed by atoms with Crippen molar-refractivity contribution in [3.8, 4) is 34.5 Å². The molecule has 0 saturated heterocycles. The molecule has 0 fully saturated rings. The van der Waals surface area contributed by atoms with E-state index in [9.17, 15) is 4.79 Å². The van der Waals surface area contributed by atoms with Crippen LogP contribution in [0.3, 0.4) is 0 Å². The fraction of sp³-hybridized carbons (Fsp3) is 0.760. The van der Waals surface area contributed by atoms with Gasteiger partial charge in [0.05, 0.1) is 52.3 Å². The van der Waals surface area contributed by atoms with Crippen molar-refractivity contribution < 1.29 is 38.0 Å². The maximum absolute atomic E-state index is 13.6. The van der Waals surface area contributed by atoms with Gasteiger partial charge in [-0.2, -0.15) is 0 Å². The van der Waals surface area contributed by atoms with Gasteiger partial charge < -0.3 is 33.2 Å². The molecule has 0 aliphatic carbocycles. The predicted octanol–water partition coefficient (Wildman–Crippen LogP) is 31.6. The van der Waals surface area contributed by atoms with E-state index in [4.69, 9.17) is 33.2 Å². The third-order valence-corrected chi connectivity index (χ3v) is 20.9. The van der Waals surface area contributed by atoms with Crippen molar-refractivity contribution >= 4 is 30.3 Å². The van der Waals surface area contributed by atoms with E-state index < -0.39 is 0 Å². The van der Waals surface area contributed by atoms with Crippen LogP contribution in [0.15, 0.2) is 42.5 Å². The highest BCUT2D eigenvalue weighted by Gasteiger charge is 2.19. The second-order valence-electron chi connectivity index (χ2n) is 30.9. The zero-order valence-corrected chi connectivity index (χ0v) is 69.3. The van der Waals surface area contributed by atoms with Gasteiger partial charge in [0.15, 0.2) is 23.0 Å². The lowest BCUT2D eigenvalue weighted by Gasteiger charge is -2.18. The molecule has 0 unspecified atom stereocenters. The summed E-state index contributed by atoms with van der Waals surface area (Å²) in [6, 6.07) is 14.5. The molecule has 596 valence electrons. The summed E-state index contributed by atoms with van der Waals surface area (Å²) in [7, 11) is 1.46. The number of rotatable bonds is 77. The van der Waals surface area contributed by atoms with Gasteiger partial charge in [0.25, 0.3) is 0 Å². The summed E-state index contributed by atoms with van der Waals surface area (Å²) in [4.78, 5) is 13.6. The number of ether oxygens (including phenoxy) is 7. The number of benzene rings is 3. The Balaban J connectivity index is 2.03. The van der Waals surface area contributed by atoms with E-state index in [1.165, 1.54) is 315 Å². The first-order chi connectivity index (χ1) is 51.4. The molecule has 104 heavy (non-hydrogen) atoms. The molecule has 3 aromatic rings. The Morgan fingerprint density at radius 1 is 0.221 bits per heavy atom. The Hall–Kier alpha value is -4.59. The van der Waals surface area contributed by atoms with Gasteiger partial charge in [0.2, 0.25) is 11.5 Å². The highest BCUT2D eigenvalue weighted by atomic mass is 16.6. The smallest absolute Gasteiger partial charge is 0.337 e. The van der Waals surface area contributed by atoms with Gasteiger partial charge in [-0.05, 0) is 103 Å². The molecule has 0 aliphatic rings. The standard InChI is InChI=1S/C96H164O8/c1-8-14-20-26-32-38-44-50-56-62-72-99-90-81-87(82-91(100-73-63-57-51-45-39-33-27-21-15-9-2)94(90)103-76-66-60-54-48-42-36-30-24-18-12-5)70-68-85-78-86(80-89(79-85)96(97)98-7)69-71-88-83-92(101-74-64-58-52-46-40-34-28-22-16-10-3)95(104-77-67-61-55-49-43-37-31-25-19-13-6)93(84-88)102-75-65-59-53-47-41-35-29-23-17-11-4/h68-71,78-84H,8-67,72-77H2,1-7H3/b70-68+,71-69+. The predicted molar refractivity (Wildman–Crippen MR) is 453 cm³/mol. The Labute approximate surface area is 643 Å². The normalized spacial score (nSPS) is 11.6. The number of carbonyl (C=O) groups excluding carboxylic acids is 1. The molecular formula is C96H164O8. The van der Waals surface area contributed by atoms with Gasteiger partial charge in [0, 0.05) is 0 Å². The Kier molecular flexibility index (Phi) is 63.1. The van der Waals surface area contributed by atoms with Crippen LogP contribution in [-0.2, 0) is 4.74 Å². The van der Waals surface area contributed by atoms with Crippen molar-refractivity contribution in [2.24, 2.45) is 0 Å². The first-order valence-corrected chi connectivity index (χ1v) is 45.1. The number of unbranched alkanes of at least 4 members (excludes halogenated alkanes) is 54. The van der Waals surface area contributed by atoms with Gasteiger partial charge in [-0.15, -0.1) is 0 Å². The van der Waals surface area contributed by atoms with E-state index in [2.05, 4.69) is 96.2 Å². The van der Waals surface area contributed by atoms with Gasteiger partial charge >= 0.3 is 5.97 Å². The molecule has 3 aromatic carbocycles. The molecule has 0 radical (unpaired) electrons. The van der Waals surface area contributed by atoms with E-state index in [-0.39, 0.29) is 5.97 Å². The number of methoxy groups -OCH3 is 1. The number of hydrogen-bond acceptors (Lipinski definition) is 8. The average molecular weight is 1450 g/mol. The average Bonchev–Trinajstić information content (AvgIpc) is 0.826. The van der Waals surface area contributed by atoms with Crippen LogP contribution >= 0.6 is 0 Å². The molecule has 0 spiro atoms. The van der Waals surface area contributed by atoms with Crippen molar-refractivity contribution in [3.05, 3.63) is 70.3 Å². The maximum Gasteiger partial charge on any atom is 0.337 e. The molecular weight excluding hydrogens is 1280 g/mol. The minimum atomic E-state index is -0.377. The Bertz CT molecular complexity index is 2230. The third-order valence-electron chi connectivity index (χ3n) is 20.9. The lowest BCUT2D eigenvalue weighted by atomic mass is 10.0. The highest BCUT2D eigenvalue weighted by molar-refractivity contribution is 5.92. The molecule has 0 aromatic heterocycles. The van der Waals surface area contributed by atoms with Crippen molar-refractivity contribution in [2.45, 2.75) is 427 Å². The zero-order valence-electron chi connectivity index (χ0n) is 69.3. The third kappa shape index (κ3) is 50.9. The van der Waals surface area contributed by atoms with E-state index in [0.717, 1.165) is 134 Å². The van der Waals surface area contributed by atoms with E-state index >= 15 is 0 Å². The largest absolute Gasteiger partial charge is 0.490 e. The van der Waals surface area contributed by atoms with Crippen molar-refractivity contribution in [2.75, 3.05) is 46.8 Å². The summed E-state index contributed by atoms with van der Waals surface area (Å²) in [5.41, 5.74) is 4.17. The summed E-state index contributed by atoms with van der Waals surface area (Å²) in [6.45, 7) is 17.5. The van der Waals surface area contributed by atoms with Crippen LogP contribution in [0.4, 0.5) is 0 Å². The van der Waals surface area contributed by atoms with Crippen molar-refractivity contribution in [1.82, 2.24) is 0 Å². The molecule has 0 heterocycles. The van der Waals surface area contributed by atoms with Crippen LogP contribution in [0.2, 0.25) is 0 Å². The fourth-order valence-electron chi connectivity index (χ4n) is 14.2. The first kappa shape index (κ1) is 93.6. The van der Waals surface area contributed by atoms with Crippen LogP contribution in [0, 0.1) is 0 Å². The molecule has 0 aliphatic heterocycles. The summed E-state index contributed by atoms with van der Waals surface area (Å²) in [6.07, 6.45) is 84.9. The summed E-state index contributed by atoms with van der Waals surface area (Å²) in [5, 5.41) is 0. The van der Waals surface area contributed by atoms with Gasteiger partial charge in [0.1, 0.15) is 0 Å². The minimum Gasteiger partial charge on any atom is -0.490 e. The van der Waals surface area contributed by atoms with Crippen LogP contribution in [-0.4, -0.2) is 52.7 Å². The Morgan fingerprint density at radius 2 is 0.385 bits per heavy atom. The van der Waals surface area contributed by atoms with Gasteiger partial charge in [-0.1, -0.05) is 413 Å². The van der Waals surface area contributed by atoms with Crippen LogP contribution in [0.1, 0.15) is 459 Å². The second kappa shape index (κ2) is 70.1. The summed E-state index contributed by atoms with van der Waals surface area (Å²) < 4.78 is 46.3. The fourth-order valence-corrected chi connectivity index (χ4v) is 14.2. The number of carbonyl (C=O) groups is 1. The lowest BCUT2D eigenvalue weighted by molar-refractivity contribution is 0.0600. The molecule has 8 heteroatoms. The lowest BCUT2D eigenvalue weighted by Crippen LogP contribution is -2.07. The molecule has 0 amide bonds. The SMILES string of the molecule is CCCCCCCCCCCCOc1cc(/C=C/c2cc(/C=C/c3cc(OCCCCCCCCCCCC)c(OCCCCCCCCCCCC)c(OCCCCCCCCCCCC)c3)cc(C(=O)OC)c2)cc(OCCCCCCCCCCCC)c1OCCCCCCCCCCCC. The number of hydrogen-bond donors (Lipinski definition) is 0. The molecule has 3 rings (SSSR count). The van der Waals surface area contributed by atoms with E-state index in [1.54, 1.807) is 0 Å². The maximum atomic E-state index is 13.6. The molecule has 0 N–H and O–H groups in total. The monoisotopic (exact) mass is 1450 g/mol. The van der Waals surface area contributed by atoms with Gasteiger partial charge in [-0.3, -0.25) is 0 Å². The first-order valence-electron chi connectivity index (χ1n) is 45.1. The van der Waals surface area contributed by atoms with Gasteiger partial charge in [-0.25, -0.2) is 4.79 Å². The van der Waals surface area contributed by atoms with E-state index in [0.29, 0.717) is 45.2 Å². The molecule has 0 atom stereocenters. The van der Waals surface area contributed by atoms with Crippen LogP contribution < -0.4 is 28.4 Å². The molecule has 0 saturated carbocycles. The highest BCUT2D eigenvalue weighted by Crippen LogP contribution is 2.42. The van der Waals surface area contributed by atoms with Crippen molar-refractivity contribution in [1.29, 1.82) is 0 Å². The molecule has 0 bridgehead atoms. The van der Waals surface area contributed by atoms with Crippen LogP contribution in [0.5, 0.6) is 34.5 Å². The quantitative estimate of drug-likeness (QED) is 0.0314. The summed E-state index contributed by atoms with van der Waals surface area (Å²) in [5.74, 6) is 4.06. The topological polar surface area (TPSA) is 81.7 Å². The Morgan fingerprint density at radius 3 is 0.567 bits per heavy atom. The van der Waals surface area contributed by atoms with Crippen molar-refractivity contribution in [3.63, 3.8) is 0 Å². The van der Waals surface area contributed by atoms with E-state index in [1.807, 2.05) is 12.1 Å². The van der Waals surface area contributed by atoms with Crippen LogP contribution in [0.25, 0.3) is 24.3 Å². The molecule has 8 nitrogen and oxygen atoms in total. The second-order valence-corrected chi connectivity index (χ2v) is 30.9.